The second kappa shape index (κ2) is 4.26. The number of fused-ring (bicyclic) bond motifs is 1. The van der Waals surface area contributed by atoms with Crippen LogP contribution in [0.15, 0.2) is 30.3 Å². The normalized spacial score (nSPS) is 13.7. The molecule has 2 aromatic carbocycles. The molecule has 0 unspecified atom stereocenters. The monoisotopic (exact) mass is 258 g/mol. The van der Waals surface area contributed by atoms with Crippen molar-refractivity contribution in [3.63, 3.8) is 0 Å². The van der Waals surface area contributed by atoms with Gasteiger partial charge in [-0.15, -0.1) is 0 Å². The Morgan fingerprint density at radius 1 is 0.947 bits per heavy atom. The van der Waals surface area contributed by atoms with Gasteiger partial charge in [-0.1, -0.05) is 12.1 Å². The Hall–Kier alpha value is -2.03. The van der Waals surface area contributed by atoms with E-state index in [9.17, 15) is 13.6 Å². The molecular formula is C16H12F2O. The van der Waals surface area contributed by atoms with Crippen molar-refractivity contribution in [3.05, 3.63) is 58.7 Å². The Bertz CT molecular complexity index is 689. The van der Waals surface area contributed by atoms with E-state index in [0.717, 1.165) is 18.1 Å². The van der Waals surface area contributed by atoms with Crippen molar-refractivity contribution >= 4 is 5.78 Å². The predicted octanol–water partition coefficient (Wildman–Crippen LogP) is 4.07. The number of carbonyl (C=O) groups excluding carboxylic acids is 1. The Morgan fingerprint density at radius 2 is 1.74 bits per heavy atom. The van der Waals surface area contributed by atoms with Crippen LogP contribution >= 0.6 is 0 Å². The van der Waals surface area contributed by atoms with Gasteiger partial charge in [-0.25, -0.2) is 8.78 Å². The molecule has 0 saturated carbocycles. The zero-order valence-electron chi connectivity index (χ0n) is 10.5. The van der Waals surface area contributed by atoms with Crippen LogP contribution in [0.1, 0.15) is 27.9 Å². The molecule has 0 spiro atoms. The Morgan fingerprint density at radius 3 is 2.53 bits per heavy atom. The molecule has 19 heavy (non-hydrogen) atoms. The highest BCUT2D eigenvalue weighted by Crippen LogP contribution is 2.30. The molecule has 0 amide bonds. The van der Waals surface area contributed by atoms with Crippen molar-refractivity contribution in [2.24, 2.45) is 0 Å². The van der Waals surface area contributed by atoms with Crippen LogP contribution < -0.4 is 0 Å². The number of carbonyl (C=O) groups is 1. The number of halogens is 2. The van der Waals surface area contributed by atoms with Crippen LogP contribution in [0.3, 0.4) is 0 Å². The molecule has 0 fully saturated rings. The van der Waals surface area contributed by atoms with Crippen molar-refractivity contribution in [3.8, 4) is 11.1 Å². The minimum absolute atomic E-state index is 0.0936. The van der Waals surface area contributed by atoms with E-state index in [2.05, 4.69) is 0 Å². The number of Topliss-reactive ketones (excluding diaryl/α,β-unsaturated/α-hetero) is 1. The number of ketones is 1. The van der Waals surface area contributed by atoms with E-state index in [0.29, 0.717) is 28.7 Å². The van der Waals surface area contributed by atoms with E-state index in [1.54, 1.807) is 19.1 Å². The molecule has 0 atom stereocenters. The minimum atomic E-state index is -0.603. The van der Waals surface area contributed by atoms with Gasteiger partial charge in [0, 0.05) is 23.6 Å². The van der Waals surface area contributed by atoms with Gasteiger partial charge in [0.1, 0.15) is 11.6 Å². The quantitative estimate of drug-likeness (QED) is 0.753. The molecule has 0 radical (unpaired) electrons. The average Bonchev–Trinajstić information content (AvgIpc) is 2.75. The van der Waals surface area contributed by atoms with Gasteiger partial charge in [0.05, 0.1) is 0 Å². The molecule has 3 rings (SSSR count). The fourth-order valence-corrected chi connectivity index (χ4v) is 2.48. The fourth-order valence-electron chi connectivity index (χ4n) is 2.48. The van der Waals surface area contributed by atoms with Gasteiger partial charge < -0.3 is 0 Å². The molecule has 1 nitrogen and oxygen atoms in total. The zero-order chi connectivity index (χ0) is 13.6. The summed E-state index contributed by atoms with van der Waals surface area (Å²) in [6.45, 7) is 1.59. The lowest BCUT2D eigenvalue weighted by Crippen LogP contribution is -1.94. The third-order valence-corrected chi connectivity index (χ3v) is 3.59. The Kier molecular flexibility index (Phi) is 2.70. The summed E-state index contributed by atoms with van der Waals surface area (Å²) < 4.78 is 27.1. The number of hydrogen-bond acceptors (Lipinski definition) is 1. The first-order valence-electron chi connectivity index (χ1n) is 6.18. The third-order valence-electron chi connectivity index (χ3n) is 3.59. The van der Waals surface area contributed by atoms with E-state index < -0.39 is 11.6 Å². The largest absolute Gasteiger partial charge is 0.294 e. The van der Waals surface area contributed by atoms with Crippen molar-refractivity contribution in [2.75, 3.05) is 0 Å². The van der Waals surface area contributed by atoms with Gasteiger partial charge >= 0.3 is 0 Å². The molecule has 0 heterocycles. The van der Waals surface area contributed by atoms with Crippen LogP contribution in [0.2, 0.25) is 0 Å². The van der Waals surface area contributed by atoms with Crippen molar-refractivity contribution in [1.29, 1.82) is 0 Å². The highest BCUT2D eigenvalue weighted by molar-refractivity contribution is 6.01. The molecule has 0 saturated heterocycles. The first kappa shape index (κ1) is 12.0. The average molecular weight is 258 g/mol. The molecule has 0 bridgehead atoms. The standard InChI is InChI=1S/C16H12F2O/c1-9-6-12(15(18)8-14(9)17)11-3-2-10-4-5-16(19)13(10)7-11/h2-3,6-8H,4-5H2,1H3. The van der Waals surface area contributed by atoms with Gasteiger partial charge in [-0.3, -0.25) is 4.79 Å². The van der Waals surface area contributed by atoms with E-state index in [1.807, 2.05) is 6.07 Å². The van der Waals surface area contributed by atoms with Gasteiger partial charge in [0.15, 0.2) is 5.78 Å². The maximum atomic E-state index is 13.8. The number of hydrogen-bond donors (Lipinski definition) is 0. The van der Waals surface area contributed by atoms with Crippen LogP contribution in [0.4, 0.5) is 8.78 Å². The molecule has 1 aliphatic carbocycles. The molecule has 1 aliphatic rings. The van der Waals surface area contributed by atoms with Gasteiger partial charge in [-0.2, -0.15) is 0 Å². The van der Waals surface area contributed by atoms with E-state index in [-0.39, 0.29) is 5.78 Å². The molecule has 0 N–H and O–H groups in total. The lowest BCUT2D eigenvalue weighted by atomic mass is 9.98. The highest BCUT2D eigenvalue weighted by Gasteiger charge is 2.20. The molecule has 0 aromatic heterocycles. The highest BCUT2D eigenvalue weighted by atomic mass is 19.1. The van der Waals surface area contributed by atoms with Gasteiger partial charge in [0.25, 0.3) is 0 Å². The number of benzene rings is 2. The number of aryl methyl sites for hydroxylation is 2. The summed E-state index contributed by atoms with van der Waals surface area (Å²) in [7, 11) is 0. The van der Waals surface area contributed by atoms with Crippen LogP contribution in [-0.2, 0) is 6.42 Å². The minimum Gasteiger partial charge on any atom is -0.294 e. The van der Waals surface area contributed by atoms with Crippen molar-refractivity contribution in [2.45, 2.75) is 19.8 Å². The first-order chi connectivity index (χ1) is 9.06. The van der Waals surface area contributed by atoms with Crippen LogP contribution in [0.25, 0.3) is 11.1 Å². The smallest absolute Gasteiger partial charge is 0.163 e. The molecular weight excluding hydrogens is 246 g/mol. The second-order valence-corrected chi connectivity index (χ2v) is 4.88. The summed E-state index contributed by atoms with van der Waals surface area (Å²) in [5.41, 5.74) is 3.02. The number of rotatable bonds is 1. The maximum absolute atomic E-state index is 13.8. The third kappa shape index (κ3) is 1.95. The Labute approximate surface area is 109 Å². The Balaban J connectivity index is 2.16. The fraction of sp³-hybridized carbons (Fsp3) is 0.188. The molecule has 0 aliphatic heterocycles. The second-order valence-electron chi connectivity index (χ2n) is 4.88. The van der Waals surface area contributed by atoms with Crippen molar-refractivity contribution < 1.29 is 13.6 Å². The summed E-state index contributed by atoms with van der Waals surface area (Å²) in [5, 5.41) is 0. The summed E-state index contributed by atoms with van der Waals surface area (Å²) in [6.07, 6.45) is 1.27. The summed E-state index contributed by atoms with van der Waals surface area (Å²) in [4.78, 5) is 11.7. The van der Waals surface area contributed by atoms with E-state index in [4.69, 9.17) is 0 Å². The topological polar surface area (TPSA) is 17.1 Å². The first-order valence-corrected chi connectivity index (χ1v) is 6.18. The SMILES string of the molecule is Cc1cc(-c2ccc3c(c2)C(=O)CC3)c(F)cc1F. The zero-order valence-corrected chi connectivity index (χ0v) is 10.5. The summed E-state index contributed by atoms with van der Waals surface area (Å²) >= 11 is 0. The lowest BCUT2D eigenvalue weighted by molar-refractivity contribution is 0.0994. The van der Waals surface area contributed by atoms with E-state index >= 15 is 0 Å². The maximum Gasteiger partial charge on any atom is 0.163 e. The van der Waals surface area contributed by atoms with Gasteiger partial charge in [-0.05, 0) is 42.2 Å². The summed E-state index contributed by atoms with van der Waals surface area (Å²) in [5.74, 6) is -1.07. The van der Waals surface area contributed by atoms with E-state index in [1.165, 1.54) is 6.07 Å². The van der Waals surface area contributed by atoms with Crippen molar-refractivity contribution in [1.82, 2.24) is 0 Å². The molecule has 96 valence electrons. The lowest BCUT2D eigenvalue weighted by Gasteiger charge is -2.08. The molecule has 2 aromatic rings. The summed E-state index contributed by atoms with van der Waals surface area (Å²) in [6, 6.07) is 7.72. The van der Waals surface area contributed by atoms with Crippen LogP contribution in [-0.4, -0.2) is 5.78 Å². The van der Waals surface area contributed by atoms with Crippen LogP contribution in [0, 0.1) is 18.6 Å². The van der Waals surface area contributed by atoms with Gasteiger partial charge in [0.2, 0.25) is 0 Å². The predicted molar refractivity (Wildman–Crippen MR) is 69.2 cm³/mol. The van der Waals surface area contributed by atoms with Crippen LogP contribution in [0.5, 0.6) is 0 Å². The molecule has 3 heteroatoms.